The van der Waals surface area contributed by atoms with Crippen molar-refractivity contribution >= 4 is 38.9 Å². The van der Waals surface area contributed by atoms with E-state index in [9.17, 15) is 4.79 Å². The van der Waals surface area contributed by atoms with E-state index in [1.807, 2.05) is 49.4 Å². The number of benzene rings is 2. The van der Waals surface area contributed by atoms with Gasteiger partial charge in [-0.05, 0) is 42.6 Å². The van der Waals surface area contributed by atoms with Gasteiger partial charge in [0.1, 0.15) is 6.04 Å². The van der Waals surface area contributed by atoms with Gasteiger partial charge in [-0.25, -0.2) is 0 Å². The van der Waals surface area contributed by atoms with Gasteiger partial charge in [-0.2, -0.15) is 0 Å². The van der Waals surface area contributed by atoms with E-state index in [1.54, 1.807) is 11.3 Å². The first-order valence-corrected chi connectivity index (χ1v) is 9.80. The van der Waals surface area contributed by atoms with Crippen LogP contribution in [-0.4, -0.2) is 11.9 Å². The molecule has 1 heterocycles. The largest absolute Gasteiger partial charge is 0.326 e. The van der Waals surface area contributed by atoms with Crippen LogP contribution in [0, 0.1) is 0 Å². The lowest BCUT2D eigenvalue weighted by atomic mass is 10.0. The number of carbonyl (C=O) groups excluding carboxylic acids is 1. The average molecular weight is 416 g/mol. The topological polar surface area (TPSA) is 45.7 Å². The third-order valence-corrected chi connectivity index (χ3v) is 5.50. The molecule has 2 aromatic carbocycles. The highest BCUT2D eigenvalue weighted by Crippen LogP contribution is 2.22. The zero-order valence-corrected chi connectivity index (χ0v) is 16.3. The van der Waals surface area contributed by atoms with Gasteiger partial charge in [0, 0.05) is 15.7 Å². The van der Waals surface area contributed by atoms with Crippen LogP contribution in [0.4, 0.5) is 5.69 Å². The minimum absolute atomic E-state index is 0.000176. The normalized spacial score (nSPS) is 13.2. The van der Waals surface area contributed by atoms with Crippen molar-refractivity contribution in [1.82, 2.24) is 0 Å². The van der Waals surface area contributed by atoms with Gasteiger partial charge in [-0.15, -0.1) is 11.3 Å². The summed E-state index contributed by atoms with van der Waals surface area (Å²) < 4.78 is 0.993. The molecular formula is C20H20BrN2OS+. The van der Waals surface area contributed by atoms with Gasteiger partial charge in [0.15, 0.2) is 6.04 Å². The number of hydrogen-bond donors (Lipinski definition) is 2. The van der Waals surface area contributed by atoms with E-state index in [2.05, 4.69) is 56.2 Å². The fourth-order valence-corrected chi connectivity index (χ4v) is 3.76. The second-order valence-corrected chi connectivity index (χ2v) is 7.78. The highest BCUT2D eigenvalue weighted by molar-refractivity contribution is 9.10. The number of nitrogens with one attached hydrogen (secondary N) is 1. The predicted octanol–water partition coefficient (Wildman–Crippen LogP) is 4.19. The summed E-state index contributed by atoms with van der Waals surface area (Å²) in [5.41, 5.74) is 2.01. The molecule has 1 amide bonds. The van der Waals surface area contributed by atoms with E-state index in [1.165, 1.54) is 10.4 Å². The number of nitrogens with two attached hydrogens (primary N) is 1. The lowest BCUT2D eigenvalue weighted by molar-refractivity contribution is -0.703. The lowest BCUT2D eigenvalue weighted by Crippen LogP contribution is -2.92. The summed E-state index contributed by atoms with van der Waals surface area (Å²) in [6.07, 6.45) is 0. The summed E-state index contributed by atoms with van der Waals surface area (Å²) >= 11 is 5.12. The van der Waals surface area contributed by atoms with Gasteiger partial charge >= 0.3 is 0 Å². The van der Waals surface area contributed by atoms with Crippen LogP contribution >= 0.6 is 27.3 Å². The first kappa shape index (κ1) is 17.9. The Labute approximate surface area is 160 Å². The van der Waals surface area contributed by atoms with Crippen molar-refractivity contribution in [3.63, 3.8) is 0 Å². The van der Waals surface area contributed by atoms with Crippen LogP contribution in [0.25, 0.3) is 0 Å². The first-order chi connectivity index (χ1) is 12.1. The molecule has 0 fully saturated rings. The molecule has 0 radical (unpaired) electrons. The molecule has 3 nitrogen and oxygen atoms in total. The van der Waals surface area contributed by atoms with E-state index in [4.69, 9.17) is 0 Å². The molecule has 0 spiro atoms. The first-order valence-electron chi connectivity index (χ1n) is 8.13. The zero-order valence-electron chi connectivity index (χ0n) is 13.9. The number of rotatable bonds is 6. The summed E-state index contributed by atoms with van der Waals surface area (Å²) in [7, 11) is 0. The highest BCUT2D eigenvalue weighted by atomic mass is 79.9. The van der Waals surface area contributed by atoms with E-state index in [0.717, 1.165) is 10.2 Å². The summed E-state index contributed by atoms with van der Waals surface area (Å²) in [4.78, 5) is 13.8. The summed E-state index contributed by atoms with van der Waals surface area (Å²) in [5.74, 6) is -0.000176. The van der Waals surface area contributed by atoms with Gasteiger partial charge in [0.05, 0.1) is 4.88 Å². The SMILES string of the molecule is C[C@H]([NH2+][C@H](c1ccccc1)c1cccs1)C(=O)Nc1ccc(Br)cc1. The smallest absolute Gasteiger partial charge is 0.282 e. The van der Waals surface area contributed by atoms with Gasteiger partial charge in [0.25, 0.3) is 5.91 Å². The van der Waals surface area contributed by atoms with Gasteiger partial charge < -0.3 is 10.6 Å². The molecule has 2 atom stereocenters. The number of carbonyl (C=O) groups is 1. The second kappa shape index (κ2) is 8.43. The second-order valence-electron chi connectivity index (χ2n) is 5.88. The molecule has 3 N–H and O–H groups in total. The van der Waals surface area contributed by atoms with E-state index >= 15 is 0 Å². The summed E-state index contributed by atoms with van der Waals surface area (Å²) in [6.45, 7) is 1.94. The fraction of sp³-hybridized carbons (Fsp3) is 0.150. The quantitative estimate of drug-likeness (QED) is 0.622. The van der Waals surface area contributed by atoms with Crippen molar-refractivity contribution < 1.29 is 10.1 Å². The van der Waals surface area contributed by atoms with Gasteiger partial charge in [-0.3, -0.25) is 4.79 Å². The Hall–Kier alpha value is -1.95. The molecule has 0 saturated carbocycles. The Morgan fingerprint density at radius 3 is 2.40 bits per heavy atom. The van der Waals surface area contributed by atoms with E-state index in [-0.39, 0.29) is 18.0 Å². The van der Waals surface area contributed by atoms with Crippen molar-refractivity contribution in [1.29, 1.82) is 0 Å². The monoisotopic (exact) mass is 415 g/mol. The number of halogens is 1. The van der Waals surface area contributed by atoms with Crippen LogP contribution in [0.3, 0.4) is 0 Å². The highest BCUT2D eigenvalue weighted by Gasteiger charge is 2.25. The van der Waals surface area contributed by atoms with Crippen LogP contribution in [0.15, 0.2) is 76.6 Å². The summed E-state index contributed by atoms with van der Waals surface area (Å²) in [5, 5.41) is 7.18. The molecule has 128 valence electrons. The van der Waals surface area contributed by atoms with Crippen LogP contribution in [0.2, 0.25) is 0 Å². The molecule has 0 saturated heterocycles. The van der Waals surface area contributed by atoms with Crippen LogP contribution < -0.4 is 10.6 Å². The predicted molar refractivity (Wildman–Crippen MR) is 107 cm³/mol. The van der Waals surface area contributed by atoms with Crippen molar-refractivity contribution in [2.24, 2.45) is 0 Å². The fourth-order valence-electron chi connectivity index (χ4n) is 2.66. The molecule has 0 bridgehead atoms. The standard InChI is InChI=1S/C20H19BrN2OS/c1-14(20(24)23-17-11-9-16(21)10-12-17)22-19(18-8-5-13-25-18)15-6-3-2-4-7-15/h2-14,19,22H,1H3,(H,23,24)/p+1/t14-,19+/m0/s1. The molecule has 25 heavy (non-hydrogen) atoms. The lowest BCUT2D eigenvalue weighted by Gasteiger charge is -2.19. The van der Waals surface area contributed by atoms with Crippen molar-refractivity contribution in [3.8, 4) is 0 Å². The number of hydrogen-bond acceptors (Lipinski definition) is 2. The van der Waals surface area contributed by atoms with E-state index in [0.29, 0.717) is 0 Å². The molecule has 5 heteroatoms. The number of anilines is 1. The minimum atomic E-state index is -0.212. The summed E-state index contributed by atoms with van der Waals surface area (Å²) in [6, 6.07) is 22.0. The molecule has 0 aliphatic carbocycles. The Balaban J connectivity index is 1.72. The van der Waals surface area contributed by atoms with Crippen molar-refractivity contribution in [3.05, 3.63) is 87.0 Å². The molecule has 0 aliphatic heterocycles. The molecule has 0 unspecified atom stereocenters. The maximum atomic E-state index is 12.6. The van der Waals surface area contributed by atoms with Gasteiger partial charge in [0.2, 0.25) is 0 Å². The van der Waals surface area contributed by atoms with Crippen molar-refractivity contribution in [2.45, 2.75) is 19.0 Å². The maximum absolute atomic E-state index is 12.6. The molecule has 3 aromatic rings. The Kier molecular flexibility index (Phi) is 6.02. The molecular weight excluding hydrogens is 396 g/mol. The average Bonchev–Trinajstić information content (AvgIpc) is 3.16. The zero-order chi connectivity index (χ0) is 17.6. The van der Waals surface area contributed by atoms with Crippen LogP contribution in [-0.2, 0) is 4.79 Å². The minimum Gasteiger partial charge on any atom is -0.326 e. The van der Waals surface area contributed by atoms with E-state index < -0.39 is 0 Å². The maximum Gasteiger partial charge on any atom is 0.282 e. The van der Waals surface area contributed by atoms with Crippen molar-refractivity contribution in [2.75, 3.05) is 5.32 Å². The molecule has 1 aromatic heterocycles. The molecule has 0 aliphatic rings. The number of quaternary nitrogens is 1. The number of thiophene rings is 1. The van der Waals surface area contributed by atoms with Crippen LogP contribution in [0.5, 0.6) is 0 Å². The number of amides is 1. The third kappa shape index (κ3) is 4.78. The third-order valence-electron chi connectivity index (χ3n) is 4.01. The Bertz CT molecular complexity index is 803. The molecule has 3 rings (SSSR count). The Morgan fingerprint density at radius 1 is 1.04 bits per heavy atom. The van der Waals surface area contributed by atoms with Crippen LogP contribution in [0.1, 0.15) is 23.4 Å². The van der Waals surface area contributed by atoms with Gasteiger partial charge in [-0.1, -0.05) is 52.3 Å². The Morgan fingerprint density at radius 2 is 1.76 bits per heavy atom.